The molecule has 1 unspecified atom stereocenters. The van der Waals surface area contributed by atoms with Crippen molar-refractivity contribution in [3.63, 3.8) is 0 Å². The van der Waals surface area contributed by atoms with Gasteiger partial charge in [-0.3, -0.25) is 9.80 Å². The van der Waals surface area contributed by atoms with Gasteiger partial charge in [0, 0.05) is 59.5 Å². The number of anilines is 1. The zero-order chi connectivity index (χ0) is 27.8. The van der Waals surface area contributed by atoms with E-state index >= 15 is 0 Å². The first-order valence-corrected chi connectivity index (χ1v) is 13.1. The summed E-state index contributed by atoms with van der Waals surface area (Å²) in [6.45, 7) is 4.77. The molecular formula is C26H32FN9O4. The van der Waals surface area contributed by atoms with E-state index in [0.717, 1.165) is 13.1 Å². The molecule has 1 aromatic heterocycles. The molecule has 0 saturated carbocycles. The SMILES string of the molecule is COCCOc1ccc(N2CCN(CCN3C(=O)N(C)N4C5=C(c6ccco6)N=CN(N)C5=NC34)CC2)c(F)c1. The zero-order valence-electron chi connectivity index (χ0n) is 22.4. The molecule has 2 fully saturated rings. The fraction of sp³-hybridized carbons (Fsp3) is 0.423. The van der Waals surface area contributed by atoms with Crippen LogP contribution in [0, 0.1) is 5.82 Å². The third kappa shape index (κ3) is 4.63. The molecule has 212 valence electrons. The number of fused-ring (bicyclic) bond motifs is 3. The lowest BCUT2D eigenvalue weighted by Gasteiger charge is -2.37. The van der Waals surface area contributed by atoms with Gasteiger partial charge in [0.2, 0.25) is 6.29 Å². The van der Waals surface area contributed by atoms with Crippen molar-refractivity contribution in [3.05, 3.63) is 53.9 Å². The minimum absolute atomic E-state index is 0.161. The molecule has 2 aromatic rings. The number of hydrogen-bond acceptors (Lipinski definition) is 11. The second-order valence-corrected chi connectivity index (χ2v) is 9.75. The maximum absolute atomic E-state index is 14.8. The van der Waals surface area contributed by atoms with Crippen LogP contribution < -0.4 is 15.5 Å². The van der Waals surface area contributed by atoms with Crippen molar-refractivity contribution >= 4 is 29.6 Å². The first kappa shape index (κ1) is 26.1. The van der Waals surface area contributed by atoms with Crippen molar-refractivity contribution in [1.82, 2.24) is 24.8 Å². The number of benzene rings is 1. The number of ether oxygens (including phenoxy) is 2. The number of hydrazine groups is 2. The number of amidine groups is 1. The van der Waals surface area contributed by atoms with E-state index < -0.39 is 6.29 Å². The number of carbonyl (C=O) groups excluding carboxylic acids is 1. The van der Waals surface area contributed by atoms with E-state index in [1.807, 2.05) is 11.0 Å². The van der Waals surface area contributed by atoms with Gasteiger partial charge in [0.05, 0.1) is 18.6 Å². The molecule has 1 aromatic carbocycles. The minimum Gasteiger partial charge on any atom is -0.491 e. The van der Waals surface area contributed by atoms with Gasteiger partial charge in [-0.2, -0.15) is 0 Å². The summed E-state index contributed by atoms with van der Waals surface area (Å²) in [7, 11) is 3.30. The number of aliphatic imine (C=N–C) groups is 2. The number of amides is 2. The molecule has 13 nitrogen and oxygen atoms in total. The fourth-order valence-electron chi connectivity index (χ4n) is 5.31. The number of urea groups is 1. The number of rotatable bonds is 9. The molecule has 4 aliphatic heterocycles. The van der Waals surface area contributed by atoms with Gasteiger partial charge in [-0.1, -0.05) is 0 Å². The van der Waals surface area contributed by atoms with E-state index in [9.17, 15) is 9.18 Å². The van der Waals surface area contributed by atoms with Gasteiger partial charge in [-0.25, -0.2) is 40.0 Å². The standard InChI is InChI=1S/C26H32FN9O4/c1-31-26(37)34(25-30-24-23(36(25)31)22(29-17-35(24)28)21-4-3-13-40-21)12-9-32-7-10-33(11-8-32)20-6-5-18(16-19(20)27)39-15-14-38-2/h3-6,13,16-17,25H,7-12,14-15,28H2,1-2H3. The van der Waals surface area contributed by atoms with E-state index in [-0.39, 0.29) is 11.8 Å². The van der Waals surface area contributed by atoms with Crippen LogP contribution in [0.5, 0.6) is 5.75 Å². The summed E-state index contributed by atoms with van der Waals surface area (Å²) in [4.78, 5) is 28.5. The van der Waals surface area contributed by atoms with Gasteiger partial charge in [0.25, 0.3) is 0 Å². The average Bonchev–Trinajstić information content (AvgIpc) is 3.68. The predicted octanol–water partition coefficient (Wildman–Crippen LogP) is 1.43. The number of hydrogen-bond donors (Lipinski definition) is 1. The highest BCUT2D eigenvalue weighted by atomic mass is 19.1. The second kappa shape index (κ2) is 10.8. The number of nitrogens with two attached hydrogens (primary N) is 1. The van der Waals surface area contributed by atoms with Crippen LogP contribution in [0.25, 0.3) is 5.70 Å². The Hall–Kier alpha value is -4.14. The van der Waals surface area contributed by atoms with Gasteiger partial charge >= 0.3 is 6.03 Å². The summed E-state index contributed by atoms with van der Waals surface area (Å²) < 4.78 is 30.9. The van der Waals surface area contributed by atoms with Crippen LogP contribution >= 0.6 is 0 Å². The van der Waals surface area contributed by atoms with Crippen LogP contribution in [0.4, 0.5) is 14.9 Å². The highest BCUT2D eigenvalue weighted by Gasteiger charge is 2.51. The summed E-state index contributed by atoms with van der Waals surface area (Å²) in [5.74, 6) is 7.41. The second-order valence-electron chi connectivity index (χ2n) is 9.75. The van der Waals surface area contributed by atoms with Gasteiger partial charge in [0.15, 0.2) is 11.6 Å². The molecule has 40 heavy (non-hydrogen) atoms. The Morgan fingerprint density at radius 2 is 1.98 bits per heavy atom. The zero-order valence-corrected chi connectivity index (χ0v) is 22.4. The van der Waals surface area contributed by atoms with Crippen LogP contribution in [0.1, 0.15) is 5.76 Å². The van der Waals surface area contributed by atoms with Gasteiger partial charge in [0.1, 0.15) is 35.9 Å². The topological polar surface area (TPSA) is 119 Å². The quantitative estimate of drug-likeness (QED) is 0.363. The summed E-state index contributed by atoms with van der Waals surface area (Å²) in [6.07, 6.45) is 2.49. The van der Waals surface area contributed by atoms with E-state index in [4.69, 9.17) is 24.7 Å². The summed E-state index contributed by atoms with van der Waals surface area (Å²) in [5.41, 5.74) is 1.74. The average molecular weight is 554 g/mol. The van der Waals surface area contributed by atoms with Gasteiger partial charge in [-0.05, 0) is 24.3 Å². The van der Waals surface area contributed by atoms with E-state index in [1.54, 1.807) is 48.5 Å². The first-order chi connectivity index (χ1) is 19.5. The van der Waals surface area contributed by atoms with Crippen LogP contribution in [0.15, 0.2) is 56.7 Å². The maximum Gasteiger partial charge on any atom is 0.341 e. The molecule has 0 aliphatic carbocycles. The first-order valence-electron chi connectivity index (χ1n) is 13.1. The van der Waals surface area contributed by atoms with Crippen molar-refractivity contribution in [1.29, 1.82) is 0 Å². The predicted molar refractivity (Wildman–Crippen MR) is 145 cm³/mol. The number of furan rings is 1. The monoisotopic (exact) mass is 553 g/mol. The Morgan fingerprint density at radius 3 is 2.70 bits per heavy atom. The van der Waals surface area contributed by atoms with Gasteiger partial charge in [-0.15, -0.1) is 0 Å². The Kier molecular flexibility index (Phi) is 7.04. The molecule has 5 heterocycles. The summed E-state index contributed by atoms with van der Waals surface area (Å²) in [6, 6.07) is 8.38. The van der Waals surface area contributed by atoms with Crippen LogP contribution in [-0.2, 0) is 4.74 Å². The molecule has 0 radical (unpaired) electrons. The number of nitrogens with zero attached hydrogens (tertiary/aromatic N) is 8. The number of halogens is 1. The highest BCUT2D eigenvalue weighted by molar-refractivity contribution is 6.12. The molecule has 2 amide bonds. The van der Waals surface area contributed by atoms with Gasteiger partial charge < -0.3 is 18.8 Å². The lowest BCUT2D eigenvalue weighted by atomic mass is 10.2. The Bertz CT molecular complexity index is 1340. The van der Waals surface area contributed by atoms with E-state index in [1.165, 1.54) is 22.4 Å². The van der Waals surface area contributed by atoms with Crippen LogP contribution in [0.2, 0.25) is 0 Å². The van der Waals surface area contributed by atoms with Crippen molar-refractivity contribution in [2.45, 2.75) is 6.29 Å². The van der Waals surface area contributed by atoms with Crippen molar-refractivity contribution in [3.8, 4) is 5.75 Å². The van der Waals surface area contributed by atoms with Crippen molar-refractivity contribution < 1.29 is 23.1 Å². The number of piperazine rings is 1. The summed E-state index contributed by atoms with van der Waals surface area (Å²) >= 11 is 0. The van der Waals surface area contributed by atoms with Crippen molar-refractivity contribution in [2.24, 2.45) is 15.8 Å². The lowest BCUT2D eigenvalue weighted by Crippen LogP contribution is -2.49. The maximum atomic E-state index is 14.8. The number of methoxy groups -OCH3 is 1. The molecule has 2 saturated heterocycles. The Balaban J connectivity index is 1.09. The lowest BCUT2D eigenvalue weighted by molar-refractivity contribution is 0.0841. The largest absolute Gasteiger partial charge is 0.491 e. The van der Waals surface area contributed by atoms with Crippen LogP contribution in [0.3, 0.4) is 0 Å². The van der Waals surface area contributed by atoms with E-state index in [2.05, 4.69) is 9.89 Å². The molecule has 2 N–H and O–H groups in total. The normalized spacial score (nSPS) is 21.0. The highest BCUT2D eigenvalue weighted by Crippen LogP contribution is 2.38. The Morgan fingerprint density at radius 1 is 1.15 bits per heavy atom. The molecule has 4 aliphatic rings. The fourth-order valence-corrected chi connectivity index (χ4v) is 5.31. The van der Waals surface area contributed by atoms with Crippen LogP contribution in [-0.4, -0.2) is 116 Å². The molecular weight excluding hydrogens is 521 g/mol. The van der Waals surface area contributed by atoms with E-state index in [0.29, 0.717) is 73.8 Å². The van der Waals surface area contributed by atoms with Crippen molar-refractivity contribution in [2.75, 3.05) is 71.5 Å². The Labute approximate surface area is 231 Å². The third-order valence-electron chi connectivity index (χ3n) is 7.40. The number of carbonyl (C=O) groups is 1. The smallest absolute Gasteiger partial charge is 0.341 e. The summed E-state index contributed by atoms with van der Waals surface area (Å²) in [5, 5.41) is 4.69. The molecule has 1 atom stereocenters. The molecule has 6 rings (SSSR count). The minimum atomic E-state index is -0.569. The molecule has 0 spiro atoms. The molecule has 14 heteroatoms. The third-order valence-corrected chi connectivity index (χ3v) is 7.40. The molecule has 0 bridgehead atoms.